The summed E-state index contributed by atoms with van der Waals surface area (Å²) in [5, 5.41) is 9.86. The van der Waals surface area contributed by atoms with Gasteiger partial charge in [0, 0.05) is 6.42 Å². The van der Waals surface area contributed by atoms with Crippen molar-refractivity contribution >= 4 is 0 Å². The maximum atomic E-state index is 9.86. The van der Waals surface area contributed by atoms with E-state index in [1.54, 1.807) is 0 Å². The second-order valence-electron chi connectivity index (χ2n) is 4.38. The Hall–Kier alpha value is -1.76. The first-order chi connectivity index (χ1) is 8.29. The molecule has 0 amide bonds. The Morgan fingerprint density at radius 1 is 0.941 bits per heavy atom. The van der Waals surface area contributed by atoms with Crippen LogP contribution in [0.1, 0.15) is 30.0 Å². The van der Waals surface area contributed by atoms with E-state index in [9.17, 15) is 5.11 Å². The van der Waals surface area contributed by atoms with E-state index < -0.39 is 0 Å². The van der Waals surface area contributed by atoms with Gasteiger partial charge >= 0.3 is 0 Å². The molecule has 0 unspecified atom stereocenters. The highest BCUT2D eigenvalue weighted by Gasteiger charge is 2.03. The van der Waals surface area contributed by atoms with Crippen LogP contribution in [0.4, 0.5) is 0 Å². The summed E-state index contributed by atoms with van der Waals surface area (Å²) in [5.41, 5.74) is 3.55. The summed E-state index contributed by atoms with van der Waals surface area (Å²) in [7, 11) is 0. The fourth-order valence-electron chi connectivity index (χ4n) is 2.04. The van der Waals surface area contributed by atoms with Gasteiger partial charge in [0.15, 0.2) is 0 Å². The van der Waals surface area contributed by atoms with Crippen molar-refractivity contribution in [2.24, 2.45) is 0 Å². The lowest BCUT2D eigenvalue weighted by Crippen LogP contribution is -1.91. The van der Waals surface area contributed by atoms with Crippen molar-refractivity contribution in [2.45, 2.75) is 26.2 Å². The largest absolute Gasteiger partial charge is 0.508 e. The lowest BCUT2D eigenvalue weighted by Gasteiger charge is -2.07. The number of hydrogen-bond donors (Lipinski definition) is 1. The van der Waals surface area contributed by atoms with E-state index in [1.807, 2.05) is 30.3 Å². The molecule has 0 aliphatic rings. The van der Waals surface area contributed by atoms with Gasteiger partial charge in [-0.3, -0.25) is 0 Å². The molecule has 0 aliphatic heterocycles. The van der Waals surface area contributed by atoms with Gasteiger partial charge in [-0.1, -0.05) is 55.8 Å². The maximum absolute atomic E-state index is 9.86. The zero-order valence-corrected chi connectivity index (χ0v) is 10.2. The monoisotopic (exact) mass is 226 g/mol. The number of rotatable bonds is 4. The number of phenols is 1. The average molecular weight is 226 g/mol. The molecule has 0 atom stereocenters. The Labute approximate surface area is 103 Å². The first-order valence-electron chi connectivity index (χ1n) is 6.14. The van der Waals surface area contributed by atoms with Gasteiger partial charge in [-0.15, -0.1) is 0 Å². The molecule has 2 aromatic rings. The van der Waals surface area contributed by atoms with Crippen molar-refractivity contribution in [1.82, 2.24) is 0 Å². The number of phenolic OH excluding ortho intramolecular Hbond substituents is 1. The van der Waals surface area contributed by atoms with Crippen LogP contribution in [0.25, 0.3) is 0 Å². The molecule has 17 heavy (non-hydrogen) atoms. The third kappa shape index (κ3) is 3.10. The molecule has 2 aromatic carbocycles. The summed E-state index contributed by atoms with van der Waals surface area (Å²) < 4.78 is 0. The SMILES string of the molecule is CCCc1ccc(O)c(Cc2ccccc2)c1. The third-order valence-electron chi connectivity index (χ3n) is 2.92. The van der Waals surface area contributed by atoms with Gasteiger partial charge in [0.1, 0.15) is 5.75 Å². The van der Waals surface area contributed by atoms with Gasteiger partial charge in [-0.2, -0.15) is 0 Å². The summed E-state index contributed by atoms with van der Waals surface area (Å²) in [6, 6.07) is 16.2. The van der Waals surface area contributed by atoms with Gasteiger partial charge in [0.25, 0.3) is 0 Å². The van der Waals surface area contributed by atoms with Crippen LogP contribution < -0.4 is 0 Å². The Morgan fingerprint density at radius 2 is 1.71 bits per heavy atom. The molecule has 0 bridgehead atoms. The molecule has 1 N–H and O–H groups in total. The summed E-state index contributed by atoms with van der Waals surface area (Å²) in [5.74, 6) is 0.397. The third-order valence-corrected chi connectivity index (χ3v) is 2.92. The first-order valence-corrected chi connectivity index (χ1v) is 6.14. The van der Waals surface area contributed by atoms with Crippen LogP contribution in [0, 0.1) is 0 Å². The highest BCUT2D eigenvalue weighted by Crippen LogP contribution is 2.22. The fraction of sp³-hybridized carbons (Fsp3) is 0.250. The minimum Gasteiger partial charge on any atom is -0.508 e. The molecule has 1 nitrogen and oxygen atoms in total. The van der Waals surface area contributed by atoms with Crippen molar-refractivity contribution in [2.75, 3.05) is 0 Å². The highest BCUT2D eigenvalue weighted by atomic mass is 16.3. The minimum absolute atomic E-state index is 0.397. The van der Waals surface area contributed by atoms with Crippen LogP contribution in [0.15, 0.2) is 48.5 Å². The Morgan fingerprint density at radius 3 is 2.41 bits per heavy atom. The molecule has 2 rings (SSSR count). The number of aromatic hydroxyl groups is 1. The molecular formula is C16H18O. The summed E-state index contributed by atoms with van der Waals surface area (Å²) in [6.45, 7) is 2.17. The molecule has 88 valence electrons. The molecule has 0 radical (unpaired) electrons. The number of hydrogen-bond acceptors (Lipinski definition) is 1. The van der Waals surface area contributed by atoms with Crippen molar-refractivity contribution in [3.05, 3.63) is 65.2 Å². The van der Waals surface area contributed by atoms with E-state index in [4.69, 9.17) is 0 Å². The molecule has 0 fully saturated rings. The second-order valence-corrected chi connectivity index (χ2v) is 4.38. The highest BCUT2D eigenvalue weighted by molar-refractivity contribution is 5.39. The summed E-state index contributed by atoms with van der Waals surface area (Å²) >= 11 is 0. The van der Waals surface area contributed by atoms with Crippen molar-refractivity contribution in [3.8, 4) is 5.75 Å². The van der Waals surface area contributed by atoms with Gasteiger partial charge in [-0.25, -0.2) is 0 Å². The first kappa shape index (κ1) is 11.7. The van der Waals surface area contributed by atoms with E-state index in [0.29, 0.717) is 5.75 Å². The van der Waals surface area contributed by atoms with Gasteiger partial charge < -0.3 is 5.11 Å². The second kappa shape index (κ2) is 5.53. The van der Waals surface area contributed by atoms with Gasteiger partial charge in [0.05, 0.1) is 0 Å². The van der Waals surface area contributed by atoms with Crippen molar-refractivity contribution in [1.29, 1.82) is 0 Å². The molecule has 0 aliphatic carbocycles. The van der Waals surface area contributed by atoms with E-state index in [0.717, 1.165) is 24.8 Å². The molecule has 1 heteroatoms. The number of aryl methyl sites for hydroxylation is 1. The standard InChI is InChI=1S/C16H18O/c1-2-6-13-9-10-16(17)15(11-13)12-14-7-4-3-5-8-14/h3-5,7-11,17H,2,6,12H2,1H3. The van der Waals surface area contributed by atoms with Crippen LogP contribution in [0.2, 0.25) is 0 Å². The smallest absolute Gasteiger partial charge is 0.119 e. The predicted molar refractivity (Wildman–Crippen MR) is 71.3 cm³/mol. The lowest BCUT2D eigenvalue weighted by atomic mass is 10.00. The number of benzene rings is 2. The quantitative estimate of drug-likeness (QED) is 0.837. The van der Waals surface area contributed by atoms with E-state index in [-0.39, 0.29) is 0 Å². The topological polar surface area (TPSA) is 20.2 Å². The van der Waals surface area contributed by atoms with Crippen LogP contribution in [0.3, 0.4) is 0 Å². The van der Waals surface area contributed by atoms with E-state index in [2.05, 4.69) is 25.1 Å². The maximum Gasteiger partial charge on any atom is 0.119 e. The molecule has 0 spiro atoms. The molecule has 0 saturated heterocycles. The average Bonchev–Trinajstić information content (AvgIpc) is 2.35. The normalized spacial score (nSPS) is 10.4. The van der Waals surface area contributed by atoms with E-state index >= 15 is 0 Å². The van der Waals surface area contributed by atoms with E-state index in [1.165, 1.54) is 11.1 Å². The lowest BCUT2D eigenvalue weighted by molar-refractivity contribution is 0.469. The van der Waals surface area contributed by atoms with Crippen LogP contribution in [0.5, 0.6) is 5.75 Å². The van der Waals surface area contributed by atoms with Crippen molar-refractivity contribution in [3.63, 3.8) is 0 Å². The zero-order valence-electron chi connectivity index (χ0n) is 10.2. The summed E-state index contributed by atoms with van der Waals surface area (Å²) in [4.78, 5) is 0. The molecule has 0 saturated carbocycles. The van der Waals surface area contributed by atoms with Crippen LogP contribution in [-0.4, -0.2) is 5.11 Å². The van der Waals surface area contributed by atoms with Crippen LogP contribution in [-0.2, 0) is 12.8 Å². The predicted octanol–water partition coefficient (Wildman–Crippen LogP) is 3.94. The molecular weight excluding hydrogens is 208 g/mol. The van der Waals surface area contributed by atoms with Gasteiger partial charge in [-0.05, 0) is 29.2 Å². The van der Waals surface area contributed by atoms with Gasteiger partial charge in [0.2, 0.25) is 0 Å². The fourth-order valence-corrected chi connectivity index (χ4v) is 2.04. The Balaban J connectivity index is 2.22. The molecule has 0 aromatic heterocycles. The Kier molecular flexibility index (Phi) is 3.81. The minimum atomic E-state index is 0.397. The zero-order chi connectivity index (χ0) is 12.1. The Bertz CT molecular complexity index is 474. The molecule has 0 heterocycles. The van der Waals surface area contributed by atoms with Crippen LogP contribution >= 0.6 is 0 Å². The summed E-state index contributed by atoms with van der Waals surface area (Å²) in [6.07, 6.45) is 3.00. The van der Waals surface area contributed by atoms with Crippen molar-refractivity contribution < 1.29 is 5.11 Å².